The van der Waals surface area contributed by atoms with Crippen LogP contribution in [0.3, 0.4) is 0 Å². The molecule has 0 radical (unpaired) electrons. The Balaban J connectivity index is 0.000000158. The van der Waals surface area contributed by atoms with E-state index in [1.165, 1.54) is 63.9 Å². The van der Waals surface area contributed by atoms with Gasteiger partial charge in [0.05, 0.1) is 48.6 Å². The van der Waals surface area contributed by atoms with Gasteiger partial charge < -0.3 is 28.8 Å². The Bertz CT molecular complexity index is 2520. The van der Waals surface area contributed by atoms with Gasteiger partial charge in [-0.15, -0.1) is 0 Å². The molecule has 62 heavy (non-hydrogen) atoms. The molecule has 0 amide bonds. The molecule has 6 aromatic rings. The molecule has 2 atom stereocenters. The average molecular weight is 835 g/mol. The quantitative estimate of drug-likeness (QED) is 0.158. The molecule has 4 aromatic carbocycles. The summed E-state index contributed by atoms with van der Waals surface area (Å²) in [6.07, 6.45) is 13.0. The van der Waals surface area contributed by atoms with Crippen LogP contribution in [0.1, 0.15) is 119 Å². The van der Waals surface area contributed by atoms with Crippen molar-refractivity contribution < 1.29 is 38.9 Å². The van der Waals surface area contributed by atoms with Gasteiger partial charge in [-0.2, -0.15) is 0 Å². The van der Waals surface area contributed by atoms with E-state index in [0.29, 0.717) is 48.9 Å². The van der Waals surface area contributed by atoms with Crippen molar-refractivity contribution in [3.8, 4) is 22.5 Å². The van der Waals surface area contributed by atoms with Crippen LogP contribution in [0.2, 0.25) is 0 Å². The van der Waals surface area contributed by atoms with Crippen LogP contribution in [-0.4, -0.2) is 57.4 Å². The topological polar surface area (TPSA) is 137 Å². The number of aliphatic carboxylic acids is 2. The van der Waals surface area contributed by atoms with Crippen molar-refractivity contribution in [1.29, 1.82) is 0 Å². The summed E-state index contributed by atoms with van der Waals surface area (Å²) in [6, 6.07) is 27.9. The van der Waals surface area contributed by atoms with Gasteiger partial charge >= 0.3 is 23.9 Å². The molecule has 0 bridgehead atoms. The average Bonchev–Trinajstić information content (AvgIpc) is 3.64. The van der Waals surface area contributed by atoms with Gasteiger partial charge in [0.2, 0.25) is 0 Å². The summed E-state index contributed by atoms with van der Waals surface area (Å²) in [6.45, 7) is 0.792. The molecule has 4 aliphatic rings. The number of carboxylic acids is 2. The molecule has 0 spiro atoms. The van der Waals surface area contributed by atoms with Crippen LogP contribution in [-0.2, 0) is 45.0 Å². The molecule has 0 saturated heterocycles. The summed E-state index contributed by atoms with van der Waals surface area (Å²) in [7, 11) is 2.77. The van der Waals surface area contributed by atoms with Crippen LogP contribution < -0.4 is 0 Å². The van der Waals surface area contributed by atoms with Gasteiger partial charge in [-0.25, -0.2) is 9.59 Å². The summed E-state index contributed by atoms with van der Waals surface area (Å²) < 4.78 is 14.2. The Morgan fingerprint density at radius 2 is 0.919 bits per heavy atom. The lowest BCUT2D eigenvalue weighted by Crippen LogP contribution is -2.21. The number of hydrogen-bond acceptors (Lipinski definition) is 6. The normalized spacial score (nSPS) is 18.8. The summed E-state index contributed by atoms with van der Waals surface area (Å²) in [5, 5.41) is 22.1. The first kappa shape index (κ1) is 41.2. The third-order valence-corrected chi connectivity index (χ3v) is 14.1. The largest absolute Gasteiger partial charge is 0.481 e. The zero-order valence-corrected chi connectivity index (χ0v) is 35.5. The molecule has 2 unspecified atom stereocenters. The van der Waals surface area contributed by atoms with Gasteiger partial charge in [-0.1, -0.05) is 99.2 Å². The number of esters is 2. The van der Waals surface area contributed by atoms with Gasteiger partial charge in [-0.3, -0.25) is 9.59 Å². The molecular formula is C52H54N2O8. The van der Waals surface area contributed by atoms with Crippen molar-refractivity contribution in [2.24, 2.45) is 11.8 Å². The second kappa shape index (κ2) is 17.3. The standard InChI is InChI=1S/2C26H27NO4/c2*1-31-26(30)18-11-12-21-22(14-18)27-15-19(25(28)29)13-17-9-5-6-10-20(17)24(27)23(21)16-7-3-2-4-8-16/h2*5-6,9-12,14,16,19H,2-4,7-8,13,15H2,1H3,(H,28,29). The van der Waals surface area contributed by atoms with E-state index in [0.717, 1.165) is 81.1 Å². The number of rotatable bonds is 6. The van der Waals surface area contributed by atoms with Gasteiger partial charge in [-0.05, 0) is 96.9 Å². The molecule has 2 aliphatic heterocycles. The summed E-state index contributed by atoms with van der Waals surface area (Å²) >= 11 is 0. The second-order valence-corrected chi connectivity index (χ2v) is 17.7. The van der Waals surface area contributed by atoms with E-state index in [1.54, 1.807) is 0 Å². The van der Waals surface area contributed by atoms with Crippen LogP contribution >= 0.6 is 0 Å². The fraction of sp³-hybridized carbons (Fsp3) is 0.385. The second-order valence-electron chi connectivity index (χ2n) is 17.7. The minimum Gasteiger partial charge on any atom is -0.481 e. The zero-order chi connectivity index (χ0) is 43.1. The van der Waals surface area contributed by atoms with E-state index in [2.05, 4.69) is 33.4 Å². The minimum absolute atomic E-state index is 0.375. The molecule has 2 aromatic heterocycles. The first-order valence-corrected chi connectivity index (χ1v) is 22.3. The lowest BCUT2D eigenvalue weighted by atomic mass is 9.81. The molecule has 10 nitrogen and oxygen atoms in total. The Labute approximate surface area is 361 Å². The van der Waals surface area contributed by atoms with Crippen molar-refractivity contribution in [3.63, 3.8) is 0 Å². The maximum atomic E-state index is 12.2. The number of hydrogen-bond donors (Lipinski definition) is 2. The third-order valence-electron chi connectivity index (χ3n) is 14.1. The molecule has 2 saturated carbocycles. The lowest BCUT2D eigenvalue weighted by Gasteiger charge is -2.24. The summed E-state index contributed by atoms with van der Waals surface area (Å²) in [4.78, 5) is 48.7. The SMILES string of the molecule is COC(=O)c1ccc2c(C3CCCCC3)c3n(c2c1)CC(C(=O)O)Cc1ccccc1-3.COC(=O)c1ccc2c(C3CCCCC3)c3n(c2c1)CC(C(=O)O)Cc1ccccc1-3. The van der Waals surface area contributed by atoms with Crippen molar-refractivity contribution in [3.05, 3.63) is 118 Å². The molecule has 10 rings (SSSR count). The molecule has 2 aliphatic carbocycles. The fourth-order valence-corrected chi connectivity index (χ4v) is 11.1. The number of aromatic nitrogens is 2. The summed E-state index contributed by atoms with van der Waals surface area (Å²) in [5.41, 5.74) is 12.2. The van der Waals surface area contributed by atoms with Crippen molar-refractivity contribution in [2.75, 3.05) is 14.2 Å². The van der Waals surface area contributed by atoms with E-state index in [-0.39, 0.29) is 11.9 Å². The van der Waals surface area contributed by atoms with Gasteiger partial charge in [0, 0.05) is 46.0 Å². The van der Waals surface area contributed by atoms with Crippen LogP contribution in [0.5, 0.6) is 0 Å². The first-order chi connectivity index (χ1) is 30.2. The number of carboxylic acid groups (broad SMARTS) is 2. The molecule has 4 heterocycles. The van der Waals surface area contributed by atoms with E-state index in [9.17, 15) is 29.4 Å². The number of fused-ring (bicyclic) bond motifs is 10. The first-order valence-electron chi connectivity index (χ1n) is 22.3. The van der Waals surface area contributed by atoms with Crippen LogP contribution in [0.25, 0.3) is 44.3 Å². The van der Waals surface area contributed by atoms with Crippen molar-refractivity contribution in [2.45, 2.75) is 102 Å². The Hall–Kier alpha value is -6.16. The fourth-order valence-electron chi connectivity index (χ4n) is 11.1. The Morgan fingerprint density at radius 1 is 0.532 bits per heavy atom. The highest BCUT2D eigenvalue weighted by Gasteiger charge is 2.35. The lowest BCUT2D eigenvalue weighted by molar-refractivity contribution is -0.143. The number of methoxy groups -OCH3 is 2. The molecule has 320 valence electrons. The van der Waals surface area contributed by atoms with Crippen LogP contribution in [0.4, 0.5) is 0 Å². The minimum atomic E-state index is -0.784. The van der Waals surface area contributed by atoms with Gasteiger partial charge in [0.25, 0.3) is 0 Å². The summed E-state index contributed by atoms with van der Waals surface area (Å²) in [5.74, 6) is -2.45. The van der Waals surface area contributed by atoms with E-state index in [1.807, 2.05) is 60.7 Å². The molecule has 2 fully saturated rings. The van der Waals surface area contributed by atoms with Crippen molar-refractivity contribution in [1.82, 2.24) is 9.13 Å². The zero-order valence-electron chi connectivity index (χ0n) is 35.5. The van der Waals surface area contributed by atoms with E-state index in [4.69, 9.17) is 9.47 Å². The number of benzene rings is 4. The monoisotopic (exact) mass is 834 g/mol. The Kier molecular flexibility index (Phi) is 11.5. The number of carbonyl (C=O) groups excluding carboxylic acids is 2. The maximum Gasteiger partial charge on any atom is 0.337 e. The molecular weight excluding hydrogens is 781 g/mol. The number of carbonyl (C=O) groups is 4. The van der Waals surface area contributed by atoms with E-state index < -0.39 is 23.8 Å². The highest BCUT2D eigenvalue weighted by Crippen LogP contribution is 2.48. The highest BCUT2D eigenvalue weighted by molar-refractivity contribution is 6.00. The van der Waals surface area contributed by atoms with Crippen LogP contribution in [0.15, 0.2) is 84.9 Å². The third kappa shape index (κ3) is 7.47. The Morgan fingerprint density at radius 3 is 1.29 bits per heavy atom. The van der Waals surface area contributed by atoms with Crippen molar-refractivity contribution >= 4 is 45.7 Å². The predicted octanol–water partition coefficient (Wildman–Crippen LogP) is 10.8. The van der Waals surface area contributed by atoms with E-state index >= 15 is 0 Å². The molecule has 10 heteroatoms. The van der Waals surface area contributed by atoms with Gasteiger partial charge in [0.15, 0.2) is 0 Å². The predicted molar refractivity (Wildman–Crippen MR) is 239 cm³/mol. The molecule has 2 N–H and O–H groups in total. The number of ether oxygens (including phenoxy) is 2. The highest BCUT2D eigenvalue weighted by atomic mass is 16.5. The smallest absolute Gasteiger partial charge is 0.337 e. The number of nitrogens with zero attached hydrogens (tertiary/aromatic N) is 2. The maximum absolute atomic E-state index is 12.2. The van der Waals surface area contributed by atoms with Gasteiger partial charge in [0.1, 0.15) is 0 Å². The van der Waals surface area contributed by atoms with Crippen LogP contribution in [0, 0.1) is 11.8 Å².